The van der Waals surface area contributed by atoms with E-state index in [9.17, 15) is 28.5 Å². The number of furan rings is 1. The summed E-state index contributed by atoms with van der Waals surface area (Å²) in [6, 6.07) is 4.66. The highest BCUT2D eigenvalue weighted by Gasteiger charge is 2.27. The zero-order chi connectivity index (χ0) is 20.7. The highest BCUT2D eigenvalue weighted by Crippen LogP contribution is 2.36. The van der Waals surface area contributed by atoms with Crippen LogP contribution in [0.3, 0.4) is 0 Å². The summed E-state index contributed by atoms with van der Waals surface area (Å²) in [5, 5.41) is 13.6. The van der Waals surface area contributed by atoms with Crippen molar-refractivity contribution in [2.24, 2.45) is 0 Å². The summed E-state index contributed by atoms with van der Waals surface area (Å²) < 4.78 is 43.5. The van der Waals surface area contributed by atoms with Gasteiger partial charge in [0.1, 0.15) is 11.3 Å². The number of alkyl halides is 2. The molecule has 0 aliphatic rings. The lowest BCUT2D eigenvalue weighted by atomic mass is 10.1. The number of nitrogens with one attached hydrogen (secondary N) is 1. The second-order valence-corrected chi connectivity index (χ2v) is 5.09. The Labute approximate surface area is 156 Å². The summed E-state index contributed by atoms with van der Waals surface area (Å²) in [6.45, 7) is -3.94. The van der Waals surface area contributed by atoms with E-state index >= 15 is 0 Å². The molecule has 2 aromatic rings. The van der Waals surface area contributed by atoms with Crippen LogP contribution in [0.15, 0.2) is 34.9 Å². The lowest BCUT2D eigenvalue weighted by Gasteiger charge is -2.12. The van der Waals surface area contributed by atoms with Crippen molar-refractivity contribution in [1.82, 2.24) is 5.32 Å². The van der Waals surface area contributed by atoms with Crippen LogP contribution < -0.4 is 14.8 Å². The molecule has 150 valence electrons. The number of nitro groups is 1. The van der Waals surface area contributed by atoms with Crippen molar-refractivity contribution in [3.8, 4) is 11.5 Å². The number of carbonyl (C=O) groups is 2. The lowest BCUT2D eigenvalue weighted by Crippen LogP contribution is -2.28. The number of halogens is 2. The van der Waals surface area contributed by atoms with Crippen LogP contribution in [0.1, 0.15) is 16.1 Å². The molecule has 0 bridgehead atoms. The minimum atomic E-state index is -3.26. The Bertz CT molecular complexity index is 855. The van der Waals surface area contributed by atoms with Gasteiger partial charge in [-0.1, -0.05) is 0 Å². The Kier molecular flexibility index (Phi) is 6.84. The third-order valence-corrected chi connectivity index (χ3v) is 3.29. The van der Waals surface area contributed by atoms with Gasteiger partial charge in [0.15, 0.2) is 18.1 Å². The van der Waals surface area contributed by atoms with Crippen LogP contribution in [0.25, 0.3) is 0 Å². The summed E-state index contributed by atoms with van der Waals surface area (Å²) in [6.07, 6.45) is 1.41. The van der Waals surface area contributed by atoms with Crippen LogP contribution in [0, 0.1) is 10.1 Å². The van der Waals surface area contributed by atoms with Gasteiger partial charge in [-0.05, 0) is 12.1 Å². The minimum absolute atomic E-state index is 0.0526. The minimum Gasteiger partial charge on any atom is -0.493 e. The zero-order valence-electron chi connectivity index (χ0n) is 14.3. The van der Waals surface area contributed by atoms with Crippen molar-refractivity contribution in [3.05, 3.63) is 52.0 Å². The summed E-state index contributed by atoms with van der Waals surface area (Å²) in [7, 11) is 1.09. The van der Waals surface area contributed by atoms with Gasteiger partial charge >= 0.3 is 12.6 Å². The third-order valence-electron chi connectivity index (χ3n) is 3.29. The lowest BCUT2D eigenvalue weighted by molar-refractivity contribution is -0.385. The van der Waals surface area contributed by atoms with Crippen molar-refractivity contribution in [2.75, 3.05) is 13.7 Å². The Morgan fingerprint density at radius 1 is 1.32 bits per heavy atom. The molecular formula is C16H14F2N2O8. The van der Waals surface area contributed by atoms with Gasteiger partial charge in [0.2, 0.25) is 0 Å². The molecule has 28 heavy (non-hydrogen) atoms. The Morgan fingerprint density at radius 3 is 2.64 bits per heavy atom. The number of methoxy groups -OCH3 is 1. The SMILES string of the molecule is COc1cc(C(=O)OCC(=O)NCc2ccco2)c([N+](=O)[O-])cc1OC(F)F. The normalized spacial score (nSPS) is 10.4. The van der Waals surface area contributed by atoms with Gasteiger partial charge in [0.25, 0.3) is 11.6 Å². The number of amides is 1. The first-order chi connectivity index (χ1) is 13.3. The maximum Gasteiger partial charge on any atom is 0.387 e. The summed E-state index contributed by atoms with van der Waals surface area (Å²) in [5.41, 5.74) is -1.44. The Morgan fingerprint density at radius 2 is 2.07 bits per heavy atom. The first-order valence-corrected chi connectivity index (χ1v) is 7.59. The molecule has 1 N–H and O–H groups in total. The van der Waals surface area contributed by atoms with E-state index in [0.717, 1.165) is 13.2 Å². The first kappa shape index (κ1) is 20.6. The molecule has 1 aromatic carbocycles. The molecular weight excluding hydrogens is 386 g/mol. The highest BCUT2D eigenvalue weighted by atomic mass is 19.3. The third kappa shape index (κ3) is 5.40. The molecule has 0 saturated heterocycles. The molecule has 0 fully saturated rings. The van der Waals surface area contributed by atoms with Crippen LogP contribution in [0.2, 0.25) is 0 Å². The average Bonchev–Trinajstić information content (AvgIpc) is 3.17. The zero-order valence-corrected chi connectivity index (χ0v) is 14.3. The van der Waals surface area contributed by atoms with Crippen molar-refractivity contribution in [3.63, 3.8) is 0 Å². The largest absolute Gasteiger partial charge is 0.493 e. The number of benzene rings is 1. The van der Waals surface area contributed by atoms with Crippen molar-refractivity contribution < 1.29 is 41.9 Å². The quantitative estimate of drug-likeness (QED) is 0.385. The summed E-state index contributed by atoms with van der Waals surface area (Å²) in [4.78, 5) is 34.0. The first-order valence-electron chi connectivity index (χ1n) is 7.59. The number of carbonyl (C=O) groups excluding carboxylic acids is 2. The molecule has 10 nitrogen and oxygen atoms in total. The molecule has 1 amide bonds. The molecule has 2 rings (SSSR count). The number of ether oxygens (including phenoxy) is 3. The Hall–Kier alpha value is -3.70. The second-order valence-electron chi connectivity index (χ2n) is 5.09. The molecule has 0 aliphatic heterocycles. The van der Waals surface area contributed by atoms with Crippen molar-refractivity contribution in [1.29, 1.82) is 0 Å². The number of esters is 1. The van der Waals surface area contributed by atoms with E-state index in [4.69, 9.17) is 13.9 Å². The van der Waals surface area contributed by atoms with E-state index in [1.54, 1.807) is 12.1 Å². The molecule has 0 spiro atoms. The van der Waals surface area contributed by atoms with E-state index in [1.807, 2.05) is 0 Å². The van der Waals surface area contributed by atoms with Gasteiger partial charge < -0.3 is 23.9 Å². The molecule has 0 atom stereocenters. The molecule has 12 heteroatoms. The summed E-state index contributed by atoms with van der Waals surface area (Å²) in [5.74, 6) is -2.41. The van der Waals surface area contributed by atoms with Crippen LogP contribution in [0.4, 0.5) is 14.5 Å². The number of hydrogen-bond acceptors (Lipinski definition) is 8. The fraction of sp³-hybridized carbons (Fsp3) is 0.250. The van der Waals surface area contributed by atoms with E-state index in [1.165, 1.54) is 6.26 Å². The monoisotopic (exact) mass is 400 g/mol. The van der Waals surface area contributed by atoms with Gasteiger partial charge in [0, 0.05) is 6.07 Å². The number of rotatable bonds is 9. The maximum absolute atomic E-state index is 12.4. The number of nitrogens with zero attached hydrogens (tertiary/aromatic N) is 1. The molecule has 1 aromatic heterocycles. The van der Waals surface area contributed by atoms with E-state index in [-0.39, 0.29) is 12.3 Å². The van der Waals surface area contributed by atoms with E-state index in [2.05, 4.69) is 10.1 Å². The standard InChI is InChI=1S/C16H14F2N2O8/c1-25-12-5-10(11(20(23)24)6-13(12)28-16(17)18)15(22)27-8-14(21)19-7-9-3-2-4-26-9/h2-6,16H,7-8H2,1H3,(H,19,21). The number of hydrogen-bond donors (Lipinski definition) is 1. The molecule has 0 saturated carbocycles. The maximum atomic E-state index is 12.4. The van der Waals surface area contributed by atoms with Crippen LogP contribution in [-0.2, 0) is 16.1 Å². The average molecular weight is 400 g/mol. The van der Waals surface area contributed by atoms with E-state index in [0.29, 0.717) is 11.8 Å². The van der Waals surface area contributed by atoms with Gasteiger partial charge in [-0.2, -0.15) is 8.78 Å². The van der Waals surface area contributed by atoms with Crippen molar-refractivity contribution in [2.45, 2.75) is 13.2 Å². The predicted octanol–water partition coefficient (Wildman–Crippen LogP) is 2.27. The second kappa shape index (κ2) is 9.30. The number of nitro benzene ring substituents is 1. The molecule has 0 radical (unpaired) electrons. The smallest absolute Gasteiger partial charge is 0.387 e. The predicted molar refractivity (Wildman–Crippen MR) is 87.1 cm³/mol. The molecule has 0 unspecified atom stereocenters. The molecule has 1 heterocycles. The van der Waals surface area contributed by atoms with Gasteiger partial charge in [-0.15, -0.1) is 0 Å². The fourth-order valence-electron chi connectivity index (χ4n) is 2.07. The van der Waals surface area contributed by atoms with Gasteiger partial charge in [-0.3, -0.25) is 14.9 Å². The van der Waals surface area contributed by atoms with Crippen LogP contribution in [-0.4, -0.2) is 37.1 Å². The van der Waals surface area contributed by atoms with Gasteiger partial charge in [0.05, 0.1) is 30.9 Å². The fourth-order valence-corrected chi connectivity index (χ4v) is 2.07. The molecule has 0 aliphatic carbocycles. The Balaban J connectivity index is 2.10. The van der Waals surface area contributed by atoms with Crippen LogP contribution in [0.5, 0.6) is 11.5 Å². The highest BCUT2D eigenvalue weighted by molar-refractivity contribution is 5.96. The summed E-state index contributed by atoms with van der Waals surface area (Å²) >= 11 is 0. The van der Waals surface area contributed by atoms with Crippen LogP contribution >= 0.6 is 0 Å². The van der Waals surface area contributed by atoms with E-state index < -0.39 is 47.0 Å². The van der Waals surface area contributed by atoms with Crippen molar-refractivity contribution >= 4 is 17.6 Å². The van der Waals surface area contributed by atoms with Gasteiger partial charge in [-0.25, -0.2) is 4.79 Å². The topological polar surface area (TPSA) is 130 Å².